The Kier molecular flexibility index (Phi) is 2.95. The molecule has 2 heteroatoms. The van der Waals surface area contributed by atoms with Crippen molar-refractivity contribution in [3.05, 3.63) is 42.1 Å². The van der Waals surface area contributed by atoms with Crippen LogP contribution in [0, 0.1) is 0 Å². The fourth-order valence-electron chi connectivity index (χ4n) is 1.91. The Morgan fingerprint density at radius 2 is 2.27 bits per heavy atom. The molecule has 0 aliphatic carbocycles. The Labute approximate surface area is 91.2 Å². The summed E-state index contributed by atoms with van der Waals surface area (Å²) in [6, 6.07) is 8.34. The van der Waals surface area contributed by atoms with Crippen LogP contribution >= 0.6 is 0 Å². The molecule has 0 bridgehead atoms. The highest BCUT2D eigenvalue weighted by Crippen LogP contribution is 2.27. The molecule has 2 nitrogen and oxygen atoms in total. The molecular weight excluding hydrogens is 186 g/mol. The number of benzene rings is 1. The molecule has 15 heavy (non-hydrogen) atoms. The van der Waals surface area contributed by atoms with E-state index in [1.807, 2.05) is 6.07 Å². The Balaban J connectivity index is 2.18. The molecule has 0 fully saturated rings. The zero-order valence-corrected chi connectivity index (χ0v) is 9.31. The molecule has 0 radical (unpaired) electrons. The van der Waals surface area contributed by atoms with Crippen LogP contribution in [-0.2, 0) is 0 Å². The summed E-state index contributed by atoms with van der Waals surface area (Å²) in [5.74, 6) is 1.48. The fraction of sp³-hybridized carbons (Fsp3) is 0.385. The van der Waals surface area contributed by atoms with Crippen molar-refractivity contribution in [1.82, 2.24) is 4.90 Å². The number of nitrogens with zero attached hydrogens (tertiary/aromatic N) is 1. The largest absolute Gasteiger partial charge is 0.497 e. The van der Waals surface area contributed by atoms with E-state index < -0.39 is 0 Å². The summed E-state index contributed by atoms with van der Waals surface area (Å²) in [6.45, 7) is 1.12. The molecule has 1 heterocycles. The van der Waals surface area contributed by atoms with Crippen LogP contribution in [0.15, 0.2) is 36.5 Å². The minimum Gasteiger partial charge on any atom is -0.497 e. The minimum atomic E-state index is 0.538. The van der Waals surface area contributed by atoms with E-state index in [1.165, 1.54) is 12.0 Å². The summed E-state index contributed by atoms with van der Waals surface area (Å²) in [5.41, 5.74) is 1.35. The van der Waals surface area contributed by atoms with E-state index >= 15 is 0 Å². The quantitative estimate of drug-likeness (QED) is 0.732. The highest BCUT2D eigenvalue weighted by Gasteiger charge is 2.13. The summed E-state index contributed by atoms with van der Waals surface area (Å²) in [5, 5.41) is 0. The summed E-state index contributed by atoms with van der Waals surface area (Å²) < 4.78 is 5.23. The summed E-state index contributed by atoms with van der Waals surface area (Å²) in [7, 11) is 3.82. The van der Waals surface area contributed by atoms with Gasteiger partial charge in [0.25, 0.3) is 0 Å². The molecular formula is C13H17NO. The molecule has 1 atom stereocenters. The molecule has 0 saturated heterocycles. The predicted molar refractivity (Wildman–Crippen MR) is 62.1 cm³/mol. The van der Waals surface area contributed by atoms with Crippen molar-refractivity contribution >= 4 is 0 Å². The van der Waals surface area contributed by atoms with E-state index in [2.05, 4.69) is 42.4 Å². The van der Waals surface area contributed by atoms with Gasteiger partial charge >= 0.3 is 0 Å². The zero-order chi connectivity index (χ0) is 10.7. The van der Waals surface area contributed by atoms with Crippen LogP contribution in [-0.4, -0.2) is 25.6 Å². The van der Waals surface area contributed by atoms with Crippen LogP contribution in [0.1, 0.15) is 17.9 Å². The van der Waals surface area contributed by atoms with Gasteiger partial charge in [-0.3, -0.25) is 0 Å². The predicted octanol–water partition coefficient (Wildman–Crippen LogP) is 2.63. The maximum absolute atomic E-state index is 5.23. The lowest BCUT2D eigenvalue weighted by Crippen LogP contribution is -2.19. The molecule has 1 aliphatic rings. The van der Waals surface area contributed by atoms with Crippen molar-refractivity contribution in [2.45, 2.75) is 12.3 Å². The van der Waals surface area contributed by atoms with Gasteiger partial charge in [-0.1, -0.05) is 18.2 Å². The first-order valence-electron chi connectivity index (χ1n) is 5.32. The van der Waals surface area contributed by atoms with Gasteiger partial charge in [-0.05, 0) is 30.3 Å². The molecule has 0 N–H and O–H groups in total. The maximum Gasteiger partial charge on any atom is 0.119 e. The van der Waals surface area contributed by atoms with E-state index in [4.69, 9.17) is 4.74 Å². The SMILES string of the molecule is COc1cccc([C@@H]2C=CN(C)CC2)c1. The first kappa shape index (κ1) is 10.1. The lowest BCUT2D eigenvalue weighted by Gasteiger charge is -2.24. The number of hydrogen-bond acceptors (Lipinski definition) is 2. The normalized spacial score (nSPS) is 20.4. The summed E-state index contributed by atoms with van der Waals surface area (Å²) in [6.07, 6.45) is 5.60. The molecule has 0 unspecified atom stereocenters. The lowest BCUT2D eigenvalue weighted by atomic mass is 9.93. The molecule has 80 valence electrons. The van der Waals surface area contributed by atoms with Crippen molar-refractivity contribution < 1.29 is 4.74 Å². The van der Waals surface area contributed by atoms with Crippen molar-refractivity contribution in [3.8, 4) is 5.75 Å². The van der Waals surface area contributed by atoms with Gasteiger partial charge in [0.15, 0.2) is 0 Å². The fourth-order valence-corrected chi connectivity index (χ4v) is 1.91. The van der Waals surface area contributed by atoms with Gasteiger partial charge in [0.05, 0.1) is 7.11 Å². The smallest absolute Gasteiger partial charge is 0.119 e. The maximum atomic E-state index is 5.23. The van der Waals surface area contributed by atoms with Gasteiger partial charge < -0.3 is 9.64 Å². The summed E-state index contributed by atoms with van der Waals surface area (Å²) >= 11 is 0. The highest BCUT2D eigenvalue weighted by atomic mass is 16.5. The molecule has 0 spiro atoms. The van der Waals surface area contributed by atoms with Crippen LogP contribution in [0.3, 0.4) is 0 Å². The number of rotatable bonds is 2. The topological polar surface area (TPSA) is 12.5 Å². The molecule has 1 aliphatic heterocycles. The summed E-state index contributed by atoms with van der Waals surface area (Å²) in [4.78, 5) is 2.22. The average molecular weight is 203 g/mol. The van der Waals surface area contributed by atoms with Gasteiger partial charge in [0.1, 0.15) is 5.75 Å². The van der Waals surface area contributed by atoms with E-state index in [0.717, 1.165) is 12.3 Å². The van der Waals surface area contributed by atoms with Crippen molar-refractivity contribution in [3.63, 3.8) is 0 Å². The van der Waals surface area contributed by atoms with Gasteiger partial charge in [-0.2, -0.15) is 0 Å². The van der Waals surface area contributed by atoms with Crippen LogP contribution in [0.25, 0.3) is 0 Å². The second-order valence-electron chi connectivity index (χ2n) is 3.99. The Morgan fingerprint density at radius 1 is 1.40 bits per heavy atom. The second kappa shape index (κ2) is 4.39. The first-order valence-corrected chi connectivity index (χ1v) is 5.32. The number of allylic oxidation sites excluding steroid dienone is 1. The van der Waals surface area contributed by atoms with Crippen molar-refractivity contribution in [2.24, 2.45) is 0 Å². The van der Waals surface area contributed by atoms with Crippen LogP contribution in [0.2, 0.25) is 0 Å². The third kappa shape index (κ3) is 2.32. The van der Waals surface area contributed by atoms with E-state index in [9.17, 15) is 0 Å². The molecule has 2 rings (SSSR count). The third-order valence-corrected chi connectivity index (χ3v) is 2.89. The minimum absolute atomic E-state index is 0.538. The van der Waals surface area contributed by atoms with Gasteiger partial charge in [-0.15, -0.1) is 0 Å². The highest BCUT2D eigenvalue weighted by molar-refractivity contribution is 5.33. The van der Waals surface area contributed by atoms with Gasteiger partial charge in [0.2, 0.25) is 0 Å². The van der Waals surface area contributed by atoms with Gasteiger partial charge in [-0.25, -0.2) is 0 Å². The molecule has 0 aromatic heterocycles. The molecule has 1 aromatic rings. The number of hydrogen-bond donors (Lipinski definition) is 0. The first-order chi connectivity index (χ1) is 7.29. The van der Waals surface area contributed by atoms with E-state index in [1.54, 1.807) is 7.11 Å². The van der Waals surface area contributed by atoms with E-state index in [-0.39, 0.29) is 0 Å². The number of ether oxygens (including phenoxy) is 1. The molecule has 0 saturated carbocycles. The second-order valence-corrected chi connectivity index (χ2v) is 3.99. The Morgan fingerprint density at radius 3 is 2.93 bits per heavy atom. The third-order valence-electron chi connectivity index (χ3n) is 2.89. The molecule has 0 amide bonds. The van der Waals surface area contributed by atoms with Crippen LogP contribution < -0.4 is 4.74 Å². The standard InChI is InChI=1S/C13H17NO/c1-14-8-6-11(7-9-14)12-4-3-5-13(10-12)15-2/h3-6,8,10-11H,7,9H2,1-2H3/t11-/m1/s1. The van der Waals surface area contributed by atoms with Crippen LogP contribution in [0.4, 0.5) is 0 Å². The Hall–Kier alpha value is -1.44. The Bertz CT molecular complexity index is 359. The lowest BCUT2D eigenvalue weighted by molar-refractivity contribution is 0.404. The number of methoxy groups -OCH3 is 1. The van der Waals surface area contributed by atoms with Crippen LogP contribution in [0.5, 0.6) is 5.75 Å². The molecule has 1 aromatic carbocycles. The van der Waals surface area contributed by atoms with Gasteiger partial charge in [0, 0.05) is 19.5 Å². The monoisotopic (exact) mass is 203 g/mol. The van der Waals surface area contributed by atoms with Crippen molar-refractivity contribution in [1.29, 1.82) is 0 Å². The van der Waals surface area contributed by atoms with E-state index in [0.29, 0.717) is 5.92 Å². The zero-order valence-electron chi connectivity index (χ0n) is 9.31. The van der Waals surface area contributed by atoms with Crippen molar-refractivity contribution in [2.75, 3.05) is 20.7 Å². The average Bonchev–Trinajstić information content (AvgIpc) is 2.30.